The zero-order valence-corrected chi connectivity index (χ0v) is 16.3. The summed E-state index contributed by atoms with van der Waals surface area (Å²) in [5.41, 5.74) is 1.60. The Labute approximate surface area is 174 Å². The molecule has 0 fully saturated rings. The summed E-state index contributed by atoms with van der Waals surface area (Å²) >= 11 is 0. The number of aliphatic hydroxyl groups excluding tert-OH is 1. The SMILES string of the molecule is CC(=O)NC1=C\CN/C=N/C(Oc2ccc(NC(=O)[C@H](O)c3ccccc3)cc2)=C\1. The summed E-state index contributed by atoms with van der Waals surface area (Å²) in [6.07, 6.45) is 3.66. The van der Waals surface area contributed by atoms with Crippen LogP contribution in [0.3, 0.4) is 0 Å². The fourth-order valence-corrected chi connectivity index (χ4v) is 2.63. The first-order valence-electron chi connectivity index (χ1n) is 9.28. The zero-order valence-electron chi connectivity index (χ0n) is 16.3. The zero-order chi connectivity index (χ0) is 21.3. The standard InChI is InChI=1S/C22H22N4O4/c1-15(27)25-18-11-12-23-14-24-20(13-18)30-19-9-7-17(8-10-19)26-22(29)21(28)16-5-3-2-4-6-16/h2-11,13-14,21,28H,12H2,1H3,(H,23,24)(H,25,27)(H,26,29)/b18-11-,20-13+/t21-/m1/s1. The Morgan fingerprint density at radius 3 is 2.53 bits per heavy atom. The number of allylic oxidation sites excluding steroid dienone is 1. The fourth-order valence-electron chi connectivity index (χ4n) is 2.63. The summed E-state index contributed by atoms with van der Waals surface area (Å²) in [6.45, 7) is 1.94. The molecule has 0 saturated heterocycles. The van der Waals surface area contributed by atoms with Gasteiger partial charge < -0.3 is 25.8 Å². The highest BCUT2D eigenvalue weighted by atomic mass is 16.5. The van der Waals surface area contributed by atoms with Crippen LogP contribution in [0.2, 0.25) is 0 Å². The maximum Gasteiger partial charge on any atom is 0.257 e. The van der Waals surface area contributed by atoms with Crippen molar-refractivity contribution < 1.29 is 19.4 Å². The van der Waals surface area contributed by atoms with Crippen molar-refractivity contribution >= 4 is 23.8 Å². The molecule has 0 aromatic heterocycles. The second-order valence-electron chi connectivity index (χ2n) is 6.42. The molecule has 1 aliphatic rings. The molecule has 2 amide bonds. The van der Waals surface area contributed by atoms with Crippen molar-refractivity contribution in [1.29, 1.82) is 0 Å². The average molecular weight is 406 g/mol. The van der Waals surface area contributed by atoms with Gasteiger partial charge in [0.2, 0.25) is 11.8 Å². The van der Waals surface area contributed by atoms with E-state index in [1.165, 1.54) is 13.3 Å². The van der Waals surface area contributed by atoms with Crippen LogP contribution in [0.25, 0.3) is 0 Å². The lowest BCUT2D eigenvalue weighted by Gasteiger charge is -2.13. The number of ether oxygens (including phenoxy) is 1. The van der Waals surface area contributed by atoms with Crippen LogP contribution in [-0.4, -0.2) is 29.8 Å². The first-order chi connectivity index (χ1) is 14.5. The highest BCUT2D eigenvalue weighted by Gasteiger charge is 2.17. The Kier molecular flexibility index (Phi) is 6.96. The van der Waals surface area contributed by atoms with Crippen molar-refractivity contribution in [1.82, 2.24) is 10.6 Å². The third kappa shape index (κ3) is 6.05. The normalized spacial score (nSPS) is 18.7. The van der Waals surface area contributed by atoms with Gasteiger partial charge in [0, 0.05) is 30.9 Å². The van der Waals surface area contributed by atoms with Gasteiger partial charge in [-0.15, -0.1) is 0 Å². The maximum atomic E-state index is 12.2. The van der Waals surface area contributed by atoms with E-state index in [9.17, 15) is 14.7 Å². The molecule has 0 aliphatic carbocycles. The number of aliphatic hydroxyl groups is 1. The average Bonchev–Trinajstić information content (AvgIpc) is 2.72. The second kappa shape index (κ2) is 10.0. The van der Waals surface area contributed by atoms with Crippen LogP contribution in [0.1, 0.15) is 18.6 Å². The van der Waals surface area contributed by atoms with Crippen LogP contribution >= 0.6 is 0 Å². The largest absolute Gasteiger partial charge is 0.439 e. The van der Waals surface area contributed by atoms with Gasteiger partial charge >= 0.3 is 0 Å². The van der Waals surface area contributed by atoms with Gasteiger partial charge in [-0.2, -0.15) is 0 Å². The first-order valence-corrected chi connectivity index (χ1v) is 9.28. The van der Waals surface area contributed by atoms with Crippen LogP contribution in [0.4, 0.5) is 5.69 Å². The Bertz CT molecular complexity index is 982. The van der Waals surface area contributed by atoms with Gasteiger partial charge in [-0.1, -0.05) is 30.3 Å². The predicted molar refractivity (Wildman–Crippen MR) is 114 cm³/mol. The third-order valence-corrected chi connectivity index (χ3v) is 4.03. The van der Waals surface area contributed by atoms with Gasteiger partial charge in [0.1, 0.15) is 5.75 Å². The van der Waals surface area contributed by atoms with E-state index in [2.05, 4.69) is 20.9 Å². The molecule has 0 saturated carbocycles. The van der Waals surface area contributed by atoms with E-state index in [0.29, 0.717) is 29.2 Å². The molecule has 1 heterocycles. The molecule has 154 valence electrons. The number of hydrogen-bond donors (Lipinski definition) is 4. The van der Waals surface area contributed by atoms with E-state index >= 15 is 0 Å². The molecule has 0 spiro atoms. The van der Waals surface area contributed by atoms with Crippen molar-refractivity contribution in [2.75, 3.05) is 11.9 Å². The lowest BCUT2D eigenvalue weighted by molar-refractivity contribution is -0.124. The number of carbonyl (C=O) groups excluding carboxylic acids is 2. The van der Waals surface area contributed by atoms with Crippen LogP contribution in [0.5, 0.6) is 5.75 Å². The summed E-state index contributed by atoms with van der Waals surface area (Å²) in [5.74, 6) is 0.0405. The summed E-state index contributed by atoms with van der Waals surface area (Å²) < 4.78 is 5.75. The second-order valence-corrected chi connectivity index (χ2v) is 6.42. The molecule has 4 N–H and O–H groups in total. The number of nitrogens with one attached hydrogen (secondary N) is 3. The molecule has 1 aliphatic heterocycles. The molecule has 0 unspecified atom stereocenters. The molecule has 8 nitrogen and oxygen atoms in total. The topological polar surface area (TPSA) is 112 Å². The number of hydrogen-bond acceptors (Lipinski definition) is 6. The molecule has 3 rings (SSSR count). The van der Waals surface area contributed by atoms with Gasteiger partial charge in [0.05, 0.1) is 6.34 Å². The van der Waals surface area contributed by atoms with Crippen molar-refractivity contribution in [3.8, 4) is 5.75 Å². The minimum absolute atomic E-state index is 0.195. The molecular weight excluding hydrogens is 384 g/mol. The first kappa shape index (κ1) is 20.8. The highest BCUT2D eigenvalue weighted by molar-refractivity contribution is 5.94. The molecule has 2 aromatic rings. The highest BCUT2D eigenvalue weighted by Crippen LogP contribution is 2.21. The van der Waals surface area contributed by atoms with Gasteiger partial charge in [-0.25, -0.2) is 4.99 Å². The Balaban J connectivity index is 1.65. The minimum atomic E-state index is -1.26. The molecule has 0 radical (unpaired) electrons. The molecule has 1 atom stereocenters. The van der Waals surface area contributed by atoms with Crippen molar-refractivity contribution in [2.24, 2.45) is 4.99 Å². The van der Waals surface area contributed by atoms with Crippen molar-refractivity contribution in [2.45, 2.75) is 13.0 Å². The van der Waals surface area contributed by atoms with Gasteiger partial charge in [0.15, 0.2) is 6.10 Å². The van der Waals surface area contributed by atoms with Crippen LogP contribution in [0, 0.1) is 0 Å². The van der Waals surface area contributed by atoms with Crippen molar-refractivity contribution in [3.63, 3.8) is 0 Å². The minimum Gasteiger partial charge on any atom is -0.439 e. The lowest BCUT2D eigenvalue weighted by Crippen LogP contribution is -2.22. The lowest BCUT2D eigenvalue weighted by atomic mass is 10.1. The monoisotopic (exact) mass is 406 g/mol. The number of benzene rings is 2. The van der Waals surface area contributed by atoms with E-state index in [0.717, 1.165) is 0 Å². The Morgan fingerprint density at radius 2 is 1.83 bits per heavy atom. The summed E-state index contributed by atoms with van der Waals surface area (Å²) in [5, 5.41) is 18.5. The number of aliphatic imine (C=N–C) groups is 1. The number of nitrogens with zero attached hydrogens (tertiary/aromatic N) is 1. The van der Waals surface area contributed by atoms with Crippen LogP contribution in [0.15, 0.2) is 83.3 Å². The number of amides is 2. The van der Waals surface area contributed by atoms with Crippen LogP contribution in [-0.2, 0) is 9.59 Å². The van der Waals surface area contributed by atoms with Crippen molar-refractivity contribution in [3.05, 3.63) is 83.9 Å². The van der Waals surface area contributed by atoms with E-state index in [1.54, 1.807) is 60.7 Å². The van der Waals surface area contributed by atoms with Gasteiger partial charge in [-0.05, 0) is 35.9 Å². The number of anilines is 1. The maximum absolute atomic E-state index is 12.2. The van der Waals surface area contributed by atoms with E-state index in [4.69, 9.17) is 4.74 Å². The summed E-state index contributed by atoms with van der Waals surface area (Å²) in [7, 11) is 0. The summed E-state index contributed by atoms with van der Waals surface area (Å²) in [4.78, 5) is 27.7. The smallest absolute Gasteiger partial charge is 0.257 e. The molecule has 8 heteroatoms. The van der Waals surface area contributed by atoms with Crippen LogP contribution < -0.4 is 20.7 Å². The van der Waals surface area contributed by atoms with Gasteiger partial charge in [-0.3, -0.25) is 9.59 Å². The van der Waals surface area contributed by atoms with Gasteiger partial charge in [0.25, 0.3) is 5.91 Å². The number of carbonyl (C=O) groups is 2. The predicted octanol–water partition coefficient (Wildman–Crippen LogP) is 2.23. The number of rotatable bonds is 6. The fraction of sp³-hybridized carbons (Fsp3) is 0.136. The Hall–Kier alpha value is -3.91. The summed E-state index contributed by atoms with van der Waals surface area (Å²) in [6, 6.07) is 15.3. The Morgan fingerprint density at radius 1 is 1.10 bits per heavy atom. The van der Waals surface area contributed by atoms with E-state index in [1.807, 2.05) is 6.07 Å². The molecule has 2 aromatic carbocycles. The molecule has 0 bridgehead atoms. The van der Waals surface area contributed by atoms with E-state index in [-0.39, 0.29) is 11.8 Å². The molecule has 30 heavy (non-hydrogen) atoms. The molecular formula is C22H22N4O4. The quantitative estimate of drug-likeness (QED) is 0.588. The van der Waals surface area contributed by atoms with E-state index < -0.39 is 12.0 Å². The third-order valence-electron chi connectivity index (χ3n) is 4.03.